The number of benzene rings is 1. The molecule has 0 saturated carbocycles. The molecule has 2 aromatic rings. The molecule has 1 atom stereocenters. The van der Waals surface area contributed by atoms with Gasteiger partial charge in [-0.2, -0.15) is 13.2 Å². The second-order valence-electron chi connectivity index (χ2n) is 5.15. The Morgan fingerprint density at radius 2 is 2.00 bits per heavy atom. The molecule has 24 heavy (non-hydrogen) atoms. The van der Waals surface area contributed by atoms with Gasteiger partial charge in [0, 0.05) is 25.4 Å². The van der Waals surface area contributed by atoms with Gasteiger partial charge in [0.15, 0.2) is 11.7 Å². The fourth-order valence-corrected chi connectivity index (χ4v) is 2.87. The minimum absolute atomic E-state index is 0.0640. The van der Waals surface area contributed by atoms with E-state index in [1.807, 2.05) is 37.3 Å². The Kier molecular flexibility index (Phi) is 6.19. The minimum atomic E-state index is -4.38. The number of thiazole rings is 1. The molecular formula is C16H19F3N4S. The highest BCUT2D eigenvalue weighted by molar-refractivity contribution is 7.09. The molecule has 0 bridgehead atoms. The van der Waals surface area contributed by atoms with Crippen LogP contribution in [0.2, 0.25) is 0 Å². The highest BCUT2D eigenvalue weighted by Gasteiger charge is 2.33. The second kappa shape index (κ2) is 8.14. The summed E-state index contributed by atoms with van der Waals surface area (Å²) in [6.45, 7) is 2.46. The van der Waals surface area contributed by atoms with Crippen LogP contribution in [0.15, 0.2) is 40.7 Å². The lowest BCUT2D eigenvalue weighted by Gasteiger charge is -2.18. The Labute approximate surface area is 142 Å². The van der Waals surface area contributed by atoms with E-state index < -0.39 is 11.9 Å². The largest absolute Gasteiger partial charge is 0.434 e. The van der Waals surface area contributed by atoms with Crippen LogP contribution in [-0.4, -0.2) is 24.5 Å². The number of hydrogen-bond acceptors (Lipinski definition) is 3. The zero-order valence-electron chi connectivity index (χ0n) is 13.4. The van der Waals surface area contributed by atoms with Crippen molar-refractivity contribution in [1.82, 2.24) is 15.6 Å². The maximum atomic E-state index is 12.5. The summed E-state index contributed by atoms with van der Waals surface area (Å²) < 4.78 is 37.5. The number of rotatable bonds is 5. The van der Waals surface area contributed by atoms with Gasteiger partial charge in [-0.3, -0.25) is 4.99 Å². The predicted octanol–water partition coefficient (Wildman–Crippen LogP) is 3.63. The molecule has 130 valence electrons. The number of aromatic nitrogens is 1. The van der Waals surface area contributed by atoms with Crippen molar-refractivity contribution in [2.75, 3.05) is 13.6 Å². The number of nitrogens with one attached hydrogen (secondary N) is 2. The van der Waals surface area contributed by atoms with E-state index >= 15 is 0 Å². The zero-order chi connectivity index (χ0) is 17.6. The smallest absolute Gasteiger partial charge is 0.356 e. The van der Waals surface area contributed by atoms with Crippen LogP contribution >= 0.6 is 11.3 Å². The Morgan fingerprint density at radius 3 is 2.58 bits per heavy atom. The molecule has 1 aromatic carbocycles. The maximum Gasteiger partial charge on any atom is 0.434 e. The van der Waals surface area contributed by atoms with Crippen LogP contribution in [0.5, 0.6) is 0 Å². The third-order valence-electron chi connectivity index (χ3n) is 3.35. The summed E-state index contributed by atoms with van der Waals surface area (Å²) in [5.41, 5.74) is 0.290. The molecule has 4 nitrogen and oxygen atoms in total. The molecule has 0 aliphatic heterocycles. The summed E-state index contributed by atoms with van der Waals surface area (Å²) in [6.07, 6.45) is -3.98. The summed E-state index contributed by atoms with van der Waals surface area (Å²) >= 11 is 1.02. The van der Waals surface area contributed by atoms with Crippen molar-refractivity contribution in [1.29, 1.82) is 0 Å². The number of guanidine groups is 1. The van der Waals surface area contributed by atoms with Crippen molar-refractivity contribution >= 4 is 17.3 Å². The quantitative estimate of drug-likeness (QED) is 0.635. The van der Waals surface area contributed by atoms with E-state index in [9.17, 15) is 13.2 Å². The minimum Gasteiger partial charge on any atom is -0.356 e. The molecule has 0 aliphatic rings. The van der Waals surface area contributed by atoms with Crippen LogP contribution in [0.1, 0.15) is 29.2 Å². The molecule has 0 amide bonds. The van der Waals surface area contributed by atoms with Gasteiger partial charge in [-0.15, -0.1) is 11.3 Å². The Hall–Kier alpha value is -2.09. The Bertz CT molecular complexity index is 667. The fourth-order valence-electron chi connectivity index (χ4n) is 2.07. The van der Waals surface area contributed by atoms with Gasteiger partial charge in [-0.25, -0.2) is 4.98 Å². The van der Waals surface area contributed by atoms with Crippen molar-refractivity contribution in [3.63, 3.8) is 0 Å². The maximum absolute atomic E-state index is 12.5. The monoisotopic (exact) mass is 356 g/mol. The van der Waals surface area contributed by atoms with Crippen LogP contribution in [0.4, 0.5) is 13.2 Å². The molecule has 1 aromatic heterocycles. The topological polar surface area (TPSA) is 49.3 Å². The molecule has 0 aliphatic carbocycles. The van der Waals surface area contributed by atoms with E-state index in [0.717, 1.165) is 22.3 Å². The van der Waals surface area contributed by atoms with Gasteiger partial charge in [-0.1, -0.05) is 30.3 Å². The molecule has 2 rings (SSSR count). The van der Waals surface area contributed by atoms with Gasteiger partial charge in [0.05, 0.1) is 11.0 Å². The molecular weight excluding hydrogens is 337 g/mol. The molecule has 0 fully saturated rings. The van der Waals surface area contributed by atoms with E-state index in [0.29, 0.717) is 23.9 Å². The van der Waals surface area contributed by atoms with Gasteiger partial charge in [-0.05, 0) is 12.5 Å². The molecule has 8 heteroatoms. The first-order valence-corrected chi connectivity index (χ1v) is 8.32. The standard InChI is InChI=1S/C16H19F3N4S/c1-11(12-6-4-3-5-7-12)22-15(20-2)21-9-8-14-23-13(10-24-14)16(17,18)19/h3-7,10-11H,8-9H2,1-2H3,(H2,20,21,22). The van der Waals surface area contributed by atoms with Crippen molar-refractivity contribution in [2.45, 2.75) is 25.6 Å². The lowest BCUT2D eigenvalue weighted by Crippen LogP contribution is -2.39. The average Bonchev–Trinajstić information content (AvgIpc) is 3.04. The number of hydrogen-bond donors (Lipinski definition) is 2. The van der Waals surface area contributed by atoms with Gasteiger partial charge in [0.1, 0.15) is 0 Å². The first-order chi connectivity index (χ1) is 11.4. The van der Waals surface area contributed by atoms with Crippen LogP contribution in [0, 0.1) is 0 Å². The summed E-state index contributed by atoms with van der Waals surface area (Å²) in [5, 5.41) is 7.82. The number of alkyl halides is 3. The van der Waals surface area contributed by atoms with Gasteiger partial charge >= 0.3 is 6.18 Å². The summed E-state index contributed by atoms with van der Waals surface area (Å²) in [6, 6.07) is 9.97. The second-order valence-corrected chi connectivity index (χ2v) is 6.09. The van der Waals surface area contributed by atoms with Gasteiger partial charge in [0.25, 0.3) is 0 Å². The van der Waals surface area contributed by atoms with Crippen LogP contribution in [0.3, 0.4) is 0 Å². The van der Waals surface area contributed by atoms with Gasteiger partial charge < -0.3 is 10.6 Å². The third-order valence-corrected chi connectivity index (χ3v) is 4.26. The van der Waals surface area contributed by atoms with Crippen LogP contribution < -0.4 is 10.6 Å². The van der Waals surface area contributed by atoms with Crippen molar-refractivity contribution in [3.8, 4) is 0 Å². The van der Waals surface area contributed by atoms with E-state index in [1.165, 1.54) is 0 Å². The van der Waals surface area contributed by atoms with E-state index in [1.54, 1.807) is 7.05 Å². The van der Waals surface area contributed by atoms with E-state index in [2.05, 4.69) is 20.6 Å². The molecule has 1 unspecified atom stereocenters. The van der Waals surface area contributed by atoms with Crippen molar-refractivity contribution in [3.05, 3.63) is 52.0 Å². The predicted molar refractivity (Wildman–Crippen MR) is 90.2 cm³/mol. The summed E-state index contributed by atoms with van der Waals surface area (Å²) in [4.78, 5) is 7.73. The Morgan fingerprint density at radius 1 is 1.29 bits per heavy atom. The molecule has 0 spiro atoms. The fraction of sp³-hybridized carbons (Fsp3) is 0.375. The zero-order valence-corrected chi connectivity index (χ0v) is 14.2. The van der Waals surface area contributed by atoms with Crippen molar-refractivity contribution in [2.24, 2.45) is 4.99 Å². The highest BCUT2D eigenvalue weighted by Crippen LogP contribution is 2.29. The molecule has 1 heterocycles. The number of aliphatic imine (C=N–C) groups is 1. The molecule has 2 N–H and O–H groups in total. The normalized spacial score (nSPS) is 13.6. The Balaban J connectivity index is 1.83. The van der Waals surface area contributed by atoms with Gasteiger partial charge in [0.2, 0.25) is 0 Å². The summed E-state index contributed by atoms with van der Waals surface area (Å²) in [7, 11) is 1.65. The molecule has 0 saturated heterocycles. The number of halogens is 3. The van der Waals surface area contributed by atoms with Crippen LogP contribution in [0.25, 0.3) is 0 Å². The summed E-state index contributed by atoms with van der Waals surface area (Å²) in [5.74, 6) is 0.596. The van der Waals surface area contributed by atoms with E-state index in [4.69, 9.17) is 0 Å². The first kappa shape index (κ1) is 18.3. The third kappa shape index (κ3) is 5.23. The lowest BCUT2D eigenvalue weighted by molar-refractivity contribution is -0.140. The molecule has 0 radical (unpaired) electrons. The van der Waals surface area contributed by atoms with E-state index in [-0.39, 0.29) is 6.04 Å². The van der Waals surface area contributed by atoms with Crippen LogP contribution in [-0.2, 0) is 12.6 Å². The lowest BCUT2D eigenvalue weighted by atomic mass is 10.1. The number of nitrogens with zero attached hydrogens (tertiary/aromatic N) is 2. The highest BCUT2D eigenvalue weighted by atomic mass is 32.1. The SMILES string of the molecule is CN=C(NCCc1nc(C(F)(F)F)cs1)NC(C)c1ccccc1. The van der Waals surface area contributed by atoms with Crippen molar-refractivity contribution < 1.29 is 13.2 Å². The average molecular weight is 356 g/mol. The first-order valence-electron chi connectivity index (χ1n) is 7.44.